The van der Waals surface area contributed by atoms with Gasteiger partial charge < -0.3 is 5.32 Å². The number of pyridine rings is 1. The van der Waals surface area contributed by atoms with Gasteiger partial charge in [-0.1, -0.05) is 5.21 Å². The van der Waals surface area contributed by atoms with E-state index in [1.165, 1.54) is 17.1 Å². The molecule has 10 nitrogen and oxygen atoms in total. The van der Waals surface area contributed by atoms with E-state index in [1.807, 2.05) is 0 Å². The molecule has 0 atom stereocenters. The van der Waals surface area contributed by atoms with Gasteiger partial charge in [0.15, 0.2) is 5.69 Å². The molecule has 1 amide bonds. The molecule has 118 valence electrons. The first-order valence-electron chi connectivity index (χ1n) is 6.78. The molecule has 0 aliphatic carbocycles. The molecule has 0 aliphatic heterocycles. The molecule has 3 aromatic heterocycles. The molecule has 0 radical (unpaired) electrons. The highest BCUT2D eigenvalue weighted by Crippen LogP contribution is 1.98. The molecule has 2 N–H and O–H groups in total. The summed E-state index contributed by atoms with van der Waals surface area (Å²) >= 11 is 0. The Bertz CT molecular complexity index is 985. The summed E-state index contributed by atoms with van der Waals surface area (Å²) < 4.78 is 2.42. The normalized spacial score (nSPS) is 10.8. The van der Waals surface area contributed by atoms with Crippen LogP contribution in [-0.2, 0) is 13.6 Å². The fourth-order valence-corrected chi connectivity index (χ4v) is 2.11. The van der Waals surface area contributed by atoms with Crippen LogP contribution < -0.4 is 16.6 Å². The smallest absolute Gasteiger partial charge is 0.330 e. The topological polar surface area (TPSA) is 128 Å². The summed E-state index contributed by atoms with van der Waals surface area (Å²) in [6, 6.07) is 3.19. The van der Waals surface area contributed by atoms with Gasteiger partial charge in [-0.15, -0.1) is 5.10 Å². The molecule has 10 heteroatoms. The fraction of sp³-hybridized carbons (Fsp3) is 0.231. The quantitative estimate of drug-likeness (QED) is 0.612. The number of carbonyl (C=O) groups excluding carboxylic acids is 1. The number of rotatable bonds is 4. The molecule has 3 heterocycles. The third kappa shape index (κ3) is 2.86. The fourth-order valence-electron chi connectivity index (χ4n) is 2.11. The van der Waals surface area contributed by atoms with Crippen molar-refractivity contribution >= 4 is 16.9 Å². The van der Waals surface area contributed by atoms with Crippen LogP contribution in [0, 0.1) is 0 Å². The van der Waals surface area contributed by atoms with Gasteiger partial charge in [0.1, 0.15) is 5.65 Å². The van der Waals surface area contributed by atoms with E-state index in [-0.39, 0.29) is 24.4 Å². The van der Waals surface area contributed by atoms with Crippen LogP contribution in [0.2, 0.25) is 0 Å². The molecule has 23 heavy (non-hydrogen) atoms. The Morgan fingerprint density at radius 3 is 2.96 bits per heavy atom. The van der Waals surface area contributed by atoms with Crippen molar-refractivity contribution in [3.8, 4) is 0 Å². The maximum atomic E-state index is 12.3. The highest BCUT2D eigenvalue weighted by molar-refractivity contribution is 5.91. The van der Waals surface area contributed by atoms with Crippen LogP contribution in [0.1, 0.15) is 10.5 Å². The summed E-state index contributed by atoms with van der Waals surface area (Å²) in [5, 5.41) is 10.2. The van der Waals surface area contributed by atoms with Crippen molar-refractivity contribution in [2.45, 2.75) is 6.54 Å². The molecular weight excluding hydrogens is 302 g/mol. The maximum Gasteiger partial charge on any atom is 0.330 e. The second-order valence-corrected chi connectivity index (χ2v) is 4.82. The predicted molar refractivity (Wildman–Crippen MR) is 80.0 cm³/mol. The zero-order valence-corrected chi connectivity index (χ0v) is 12.2. The SMILES string of the molecule is Cn1cc(C(=O)NCCn2c(=O)[nH]c3ncccc3c2=O)nn1. The van der Waals surface area contributed by atoms with Crippen LogP contribution in [0.25, 0.3) is 11.0 Å². The molecule has 0 unspecified atom stereocenters. The number of fused-ring (bicyclic) bond motifs is 1. The van der Waals surface area contributed by atoms with Crippen LogP contribution in [0.15, 0.2) is 34.1 Å². The molecule has 0 spiro atoms. The van der Waals surface area contributed by atoms with E-state index in [0.717, 1.165) is 4.57 Å². The lowest BCUT2D eigenvalue weighted by molar-refractivity contribution is 0.0947. The van der Waals surface area contributed by atoms with Crippen molar-refractivity contribution in [1.82, 2.24) is 34.8 Å². The van der Waals surface area contributed by atoms with E-state index in [4.69, 9.17) is 0 Å². The van der Waals surface area contributed by atoms with Crippen LogP contribution >= 0.6 is 0 Å². The molecule has 0 fully saturated rings. The predicted octanol–water partition coefficient (Wildman–Crippen LogP) is -1.36. The van der Waals surface area contributed by atoms with Crippen molar-refractivity contribution in [3.63, 3.8) is 0 Å². The minimum absolute atomic E-state index is 0.0327. The lowest BCUT2D eigenvalue weighted by atomic mass is 10.3. The molecule has 0 aromatic carbocycles. The van der Waals surface area contributed by atoms with Crippen LogP contribution in [0.4, 0.5) is 0 Å². The number of carbonyl (C=O) groups is 1. The summed E-state index contributed by atoms with van der Waals surface area (Å²) in [6.07, 6.45) is 2.96. The van der Waals surface area contributed by atoms with E-state index < -0.39 is 17.2 Å². The largest absolute Gasteiger partial charge is 0.349 e. The van der Waals surface area contributed by atoms with Gasteiger partial charge in [-0.2, -0.15) is 0 Å². The zero-order chi connectivity index (χ0) is 16.4. The Morgan fingerprint density at radius 1 is 1.39 bits per heavy atom. The number of hydrogen-bond acceptors (Lipinski definition) is 6. The van der Waals surface area contributed by atoms with Crippen molar-refractivity contribution < 1.29 is 4.79 Å². The second kappa shape index (κ2) is 5.83. The number of aromatic nitrogens is 6. The summed E-state index contributed by atoms with van der Waals surface area (Å²) in [4.78, 5) is 42.5. The Morgan fingerprint density at radius 2 is 2.22 bits per heavy atom. The van der Waals surface area contributed by atoms with Gasteiger partial charge in [-0.25, -0.2) is 9.78 Å². The molecule has 0 saturated heterocycles. The average Bonchev–Trinajstić information content (AvgIpc) is 2.97. The number of hydrogen-bond donors (Lipinski definition) is 2. The van der Waals surface area contributed by atoms with Crippen LogP contribution in [0.5, 0.6) is 0 Å². The van der Waals surface area contributed by atoms with E-state index in [2.05, 4.69) is 25.6 Å². The van der Waals surface area contributed by atoms with Gasteiger partial charge in [-0.3, -0.25) is 23.8 Å². The summed E-state index contributed by atoms with van der Waals surface area (Å²) in [6.45, 7) is 0.134. The summed E-state index contributed by atoms with van der Waals surface area (Å²) in [5.74, 6) is -0.426. The van der Waals surface area contributed by atoms with Gasteiger partial charge >= 0.3 is 5.69 Å². The maximum absolute atomic E-state index is 12.3. The van der Waals surface area contributed by atoms with Crippen molar-refractivity contribution in [2.75, 3.05) is 6.54 Å². The summed E-state index contributed by atoms with van der Waals surface area (Å²) in [5.41, 5.74) is -0.626. The number of nitrogens with zero attached hydrogens (tertiary/aromatic N) is 5. The van der Waals surface area contributed by atoms with Crippen LogP contribution in [-0.4, -0.2) is 42.0 Å². The molecule has 3 aromatic rings. The Labute approximate surface area is 128 Å². The molecule has 0 bridgehead atoms. The molecule has 0 aliphatic rings. The number of nitrogens with one attached hydrogen (secondary N) is 2. The van der Waals surface area contributed by atoms with Crippen molar-refractivity contribution in [2.24, 2.45) is 7.05 Å². The zero-order valence-electron chi connectivity index (χ0n) is 12.2. The van der Waals surface area contributed by atoms with Crippen LogP contribution in [0.3, 0.4) is 0 Å². The average molecular weight is 315 g/mol. The first-order chi connectivity index (χ1) is 11.1. The minimum atomic E-state index is -0.574. The van der Waals surface area contributed by atoms with Crippen molar-refractivity contribution in [3.05, 3.63) is 51.1 Å². The monoisotopic (exact) mass is 315 g/mol. The Kier molecular flexibility index (Phi) is 3.71. The first kappa shape index (κ1) is 14.6. The lowest BCUT2D eigenvalue weighted by Gasteiger charge is -2.06. The van der Waals surface area contributed by atoms with E-state index >= 15 is 0 Å². The lowest BCUT2D eigenvalue weighted by Crippen LogP contribution is -2.39. The van der Waals surface area contributed by atoms with Gasteiger partial charge in [0, 0.05) is 26.3 Å². The van der Waals surface area contributed by atoms with E-state index in [9.17, 15) is 14.4 Å². The standard InChI is InChI=1S/C13H13N7O3/c1-19-7-9(17-18-19)11(21)15-5-6-20-12(22)8-3-2-4-14-10(8)16-13(20)23/h2-4,7H,5-6H2,1H3,(H,15,21)(H,14,16,23). The van der Waals surface area contributed by atoms with Crippen molar-refractivity contribution in [1.29, 1.82) is 0 Å². The number of H-pyrrole nitrogens is 1. The minimum Gasteiger partial charge on any atom is -0.349 e. The van der Waals surface area contributed by atoms with E-state index in [1.54, 1.807) is 19.2 Å². The highest BCUT2D eigenvalue weighted by Gasteiger charge is 2.11. The Hall–Kier alpha value is -3.30. The first-order valence-corrected chi connectivity index (χ1v) is 6.78. The molecule has 0 saturated carbocycles. The summed E-state index contributed by atoms with van der Waals surface area (Å²) in [7, 11) is 1.64. The molecule has 3 rings (SSSR count). The van der Waals surface area contributed by atoms with Gasteiger partial charge in [0.2, 0.25) is 0 Å². The number of amides is 1. The van der Waals surface area contributed by atoms with E-state index in [0.29, 0.717) is 5.39 Å². The third-order valence-corrected chi connectivity index (χ3v) is 3.21. The number of aryl methyl sites for hydroxylation is 1. The Balaban J connectivity index is 1.76. The highest BCUT2D eigenvalue weighted by atomic mass is 16.2. The molecular formula is C13H13N7O3. The van der Waals surface area contributed by atoms with Gasteiger partial charge in [-0.05, 0) is 12.1 Å². The van der Waals surface area contributed by atoms with Gasteiger partial charge in [0.05, 0.1) is 11.6 Å². The third-order valence-electron chi connectivity index (χ3n) is 3.21. The second-order valence-electron chi connectivity index (χ2n) is 4.82. The number of aromatic amines is 1. The van der Waals surface area contributed by atoms with Gasteiger partial charge in [0.25, 0.3) is 11.5 Å².